The summed E-state index contributed by atoms with van der Waals surface area (Å²) >= 11 is 0. The molecular formula is C18H32O12. The van der Waals surface area contributed by atoms with E-state index in [0.717, 1.165) is 0 Å². The van der Waals surface area contributed by atoms with Crippen molar-refractivity contribution in [3.8, 4) is 0 Å². The second kappa shape index (κ2) is 17.5. The van der Waals surface area contributed by atoms with Gasteiger partial charge in [-0.25, -0.2) is 14.4 Å². The van der Waals surface area contributed by atoms with Crippen LogP contribution in [0.3, 0.4) is 0 Å². The molecule has 0 aromatic carbocycles. The molecule has 0 aliphatic rings. The molecule has 0 spiro atoms. The van der Waals surface area contributed by atoms with E-state index in [0.29, 0.717) is 0 Å². The fourth-order valence-electron chi connectivity index (χ4n) is 1.85. The van der Waals surface area contributed by atoms with Crippen LogP contribution in [-0.2, 0) is 28.4 Å². The van der Waals surface area contributed by atoms with Crippen LogP contribution in [0, 0.1) is 5.41 Å². The van der Waals surface area contributed by atoms with Gasteiger partial charge < -0.3 is 43.7 Å². The summed E-state index contributed by atoms with van der Waals surface area (Å²) in [7, 11) is 0. The maximum Gasteiger partial charge on any atom is 0.508 e. The van der Waals surface area contributed by atoms with Crippen molar-refractivity contribution in [1.82, 2.24) is 0 Å². The largest absolute Gasteiger partial charge is 0.508 e. The minimum Gasteiger partial charge on any atom is -0.434 e. The highest BCUT2D eigenvalue weighted by atomic mass is 16.7. The fraction of sp³-hybridized carbons (Fsp3) is 0.833. The van der Waals surface area contributed by atoms with Gasteiger partial charge in [-0.3, -0.25) is 0 Å². The second-order valence-electron chi connectivity index (χ2n) is 6.25. The molecule has 176 valence electrons. The molecule has 0 amide bonds. The van der Waals surface area contributed by atoms with Crippen molar-refractivity contribution in [2.75, 3.05) is 59.5 Å². The monoisotopic (exact) mass is 440 g/mol. The van der Waals surface area contributed by atoms with Crippen LogP contribution in [0.1, 0.15) is 32.6 Å². The number of rotatable bonds is 16. The molecular weight excluding hydrogens is 408 g/mol. The van der Waals surface area contributed by atoms with Crippen molar-refractivity contribution in [2.24, 2.45) is 5.41 Å². The predicted molar refractivity (Wildman–Crippen MR) is 99.7 cm³/mol. The predicted octanol–water partition coefficient (Wildman–Crippen LogP) is 0.990. The second-order valence-corrected chi connectivity index (χ2v) is 6.25. The van der Waals surface area contributed by atoms with E-state index in [1.807, 2.05) is 0 Å². The van der Waals surface area contributed by atoms with Crippen molar-refractivity contribution in [1.29, 1.82) is 0 Å². The first-order chi connectivity index (χ1) is 14.4. The van der Waals surface area contributed by atoms with E-state index < -0.39 is 23.9 Å². The van der Waals surface area contributed by atoms with Gasteiger partial charge in [-0.05, 0) is 6.42 Å². The van der Waals surface area contributed by atoms with Gasteiger partial charge in [0.2, 0.25) is 0 Å². The molecule has 0 rings (SSSR count). The molecule has 12 heteroatoms. The van der Waals surface area contributed by atoms with E-state index in [4.69, 9.17) is 43.7 Å². The first kappa shape index (κ1) is 27.7. The SMILES string of the molecule is CCC(COC(=O)OCCCO)(COC(=O)OCCCO)COC(=O)OCCCO. The van der Waals surface area contributed by atoms with Gasteiger partial charge in [-0.1, -0.05) is 6.92 Å². The van der Waals surface area contributed by atoms with E-state index in [2.05, 4.69) is 0 Å². The summed E-state index contributed by atoms with van der Waals surface area (Å²) in [5.74, 6) is 0. The topological polar surface area (TPSA) is 167 Å². The molecule has 3 N–H and O–H groups in total. The zero-order chi connectivity index (χ0) is 22.7. The number of aliphatic hydroxyl groups excluding tert-OH is 3. The number of carbonyl (C=O) groups is 3. The van der Waals surface area contributed by atoms with Gasteiger partial charge in [-0.2, -0.15) is 0 Å². The van der Waals surface area contributed by atoms with Crippen LogP contribution in [0.15, 0.2) is 0 Å². The molecule has 0 bridgehead atoms. The van der Waals surface area contributed by atoms with Crippen LogP contribution in [0.5, 0.6) is 0 Å². The van der Waals surface area contributed by atoms with Gasteiger partial charge in [0.15, 0.2) is 0 Å². The molecule has 0 saturated carbocycles. The number of aliphatic hydroxyl groups is 3. The lowest BCUT2D eigenvalue weighted by atomic mass is 9.88. The molecule has 0 unspecified atom stereocenters. The molecule has 12 nitrogen and oxygen atoms in total. The van der Waals surface area contributed by atoms with Crippen molar-refractivity contribution in [3.05, 3.63) is 0 Å². The quantitative estimate of drug-likeness (QED) is 0.177. The molecule has 0 heterocycles. The zero-order valence-corrected chi connectivity index (χ0v) is 17.2. The van der Waals surface area contributed by atoms with Crippen LogP contribution in [-0.4, -0.2) is 93.2 Å². The van der Waals surface area contributed by atoms with Gasteiger partial charge in [0.05, 0.1) is 25.2 Å². The van der Waals surface area contributed by atoms with Gasteiger partial charge >= 0.3 is 18.5 Å². The average Bonchev–Trinajstić information content (AvgIpc) is 2.74. The summed E-state index contributed by atoms with van der Waals surface area (Å²) in [6.45, 7) is 0.280. The summed E-state index contributed by atoms with van der Waals surface area (Å²) in [5.41, 5.74) is -1.10. The summed E-state index contributed by atoms with van der Waals surface area (Å²) in [6.07, 6.45) is -1.93. The summed E-state index contributed by atoms with van der Waals surface area (Å²) in [6, 6.07) is 0. The molecule has 0 aromatic heterocycles. The summed E-state index contributed by atoms with van der Waals surface area (Å²) < 4.78 is 29.4. The number of carbonyl (C=O) groups excluding carboxylic acids is 3. The van der Waals surface area contributed by atoms with E-state index >= 15 is 0 Å². The first-order valence-corrected chi connectivity index (χ1v) is 9.64. The first-order valence-electron chi connectivity index (χ1n) is 9.64. The highest BCUT2D eigenvalue weighted by Gasteiger charge is 2.35. The Morgan fingerprint density at radius 1 is 0.600 bits per heavy atom. The van der Waals surface area contributed by atoms with Crippen LogP contribution >= 0.6 is 0 Å². The Balaban J connectivity index is 4.80. The lowest BCUT2D eigenvalue weighted by molar-refractivity contribution is -0.0562. The lowest BCUT2D eigenvalue weighted by Gasteiger charge is -2.30. The maximum atomic E-state index is 11.7. The van der Waals surface area contributed by atoms with Gasteiger partial charge in [-0.15, -0.1) is 0 Å². The van der Waals surface area contributed by atoms with Crippen molar-refractivity contribution < 1.29 is 58.1 Å². The number of ether oxygens (including phenoxy) is 6. The molecule has 0 fully saturated rings. The Morgan fingerprint density at radius 3 is 1.13 bits per heavy atom. The molecule has 0 aliphatic carbocycles. The lowest BCUT2D eigenvalue weighted by Crippen LogP contribution is -2.39. The van der Waals surface area contributed by atoms with E-state index in [-0.39, 0.29) is 85.1 Å². The normalized spacial score (nSPS) is 10.8. The zero-order valence-electron chi connectivity index (χ0n) is 17.2. The third-order valence-electron chi connectivity index (χ3n) is 3.81. The van der Waals surface area contributed by atoms with Crippen LogP contribution in [0.4, 0.5) is 14.4 Å². The highest BCUT2D eigenvalue weighted by molar-refractivity contribution is 5.61. The molecule has 0 saturated heterocycles. The number of hydrogen-bond acceptors (Lipinski definition) is 12. The maximum absolute atomic E-state index is 11.7. The van der Waals surface area contributed by atoms with Crippen LogP contribution in [0.25, 0.3) is 0 Å². The molecule has 0 radical (unpaired) electrons. The van der Waals surface area contributed by atoms with E-state index in [9.17, 15) is 14.4 Å². The van der Waals surface area contributed by atoms with Crippen LogP contribution in [0.2, 0.25) is 0 Å². The third-order valence-corrected chi connectivity index (χ3v) is 3.81. The smallest absolute Gasteiger partial charge is 0.434 e. The summed E-state index contributed by atoms with van der Waals surface area (Å²) in [5, 5.41) is 26.1. The molecule has 0 aromatic rings. The Morgan fingerprint density at radius 2 is 0.900 bits per heavy atom. The van der Waals surface area contributed by atoms with Gasteiger partial charge in [0.25, 0.3) is 0 Å². The standard InChI is InChI=1S/C18H32O12/c1-2-18(12-28-15(22)25-9-3-6-19,13-29-16(23)26-10-4-7-20)14-30-17(24)27-11-5-8-21/h19-21H,2-14H2,1H3. The van der Waals surface area contributed by atoms with Gasteiger partial charge in [0.1, 0.15) is 19.8 Å². The molecule has 0 aliphatic heterocycles. The Kier molecular flexibility index (Phi) is 16.2. The van der Waals surface area contributed by atoms with E-state index in [1.54, 1.807) is 6.92 Å². The number of hydrogen-bond donors (Lipinski definition) is 3. The van der Waals surface area contributed by atoms with E-state index in [1.165, 1.54) is 0 Å². The Hall–Kier alpha value is -2.31. The molecule has 0 atom stereocenters. The average molecular weight is 440 g/mol. The summed E-state index contributed by atoms with van der Waals surface area (Å²) in [4.78, 5) is 35.0. The highest BCUT2D eigenvalue weighted by Crippen LogP contribution is 2.25. The fourth-order valence-corrected chi connectivity index (χ4v) is 1.85. The minimum absolute atomic E-state index is 0.0319. The minimum atomic E-state index is -1.10. The van der Waals surface area contributed by atoms with Crippen molar-refractivity contribution >= 4 is 18.5 Å². The van der Waals surface area contributed by atoms with Crippen molar-refractivity contribution in [2.45, 2.75) is 32.6 Å². The van der Waals surface area contributed by atoms with Gasteiger partial charge in [0, 0.05) is 39.1 Å². The van der Waals surface area contributed by atoms with Crippen LogP contribution < -0.4 is 0 Å². The molecule has 30 heavy (non-hydrogen) atoms. The Labute approximate surface area is 174 Å². The van der Waals surface area contributed by atoms with Crippen molar-refractivity contribution in [3.63, 3.8) is 0 Å². The Bertz CT molecular complexity index is 417. The third kappa shape index (κ3) is 13.8.